The molecule has 0 unspecified atom stereocenters. The van der Waals surface area contributed by atoms with Gasteiger partial charge in [-0.25, -0.2) is 13.6 Å². The number of nitrogens with one attached hydrogen (secondary N) is 2. The topological polar surface area (TPSA) is 151 Å². The van der Waals surface area contributed by atoms with Crippen LogP contribution in [0.5, 0.6) is 11.5 Å². The highest BCUT2D eigenvalue weighted by atomic mass is 19.1. The predicted octanol–water partition coefficient (Wildman–Crippen LogP) is 1.87. The van der Waals surface area contributed by atoms with Gasteiger partial charge in [-0.15, -0.1) is 0 Å². The van der Waals surface area contributed by atoms with E-state index in [1.54, 1.807) is 0 Å². The maximum atomic E-state index is 13.4. The Morgan fingerprint density at radius 3 is 1.74 bits per heavy atom. The third-order valence-corrected chi connectivity index (χ3v) is 5.97. The number of phenols is 2. The number of carbonyl (C=O) groups excluding carboxylic acids is 3. The van der Waals surface area contributed by atoms with Crippen LogP contribution in [0.3, 0.4) is 0 Å². The molecule has 0 saturated carbocycles. The lowest BCUT2D eigenvalue weighted by molar-refractivity contribution is -0.145. The normalized spacial score (nSPS) is 13.1. The first-order valence-electron chi connectivity index (χ1n) is 12.0. The summed E-state index contributed by atoms with van der Waals surface area (Å²) < 4.78 is 31.5. The van der Waals surface area contributed by atoms with Crippen LogP contribution in [0.4, 0.5) is 8.78 Å². The lowest BCUT2D eigenvalue weighted by atomic mass is 10.0. The number of benzene rings is 3. The zero-order chi connectivity index (χ0) is 28.5. The van der Waals surface area contributed by atoms with Crippen LogP contribution in [0, 0.1) is 11.6 Å². The number of ether oxygens (including phenoxy) is 1. The summed E-state index contributed by atoms with van der Waals surface area (Å²) in [5.41, 5.74) is 7.60. The van der Waals surface area contributed by atoms with E-state index in [2.05, 4.69) is 10.6 Å². The van der Waals surface area contributed by atoms with Crippen molar-refractivity contribution in [1.29, 1.82) is 0 Å². The van der Waals surface area contributed by atoms with Gasteiger partial charge in [-0.2, -0.15) is 0 Å². The third-order valence-electron chi connectivity index (χ3n) is 5.97. The minimum Gasteiger partial charge on any atom is -0.504 e. The van der Waals surface area contributed by atoms with E-state index in [0.29, 0.717) is 16.7 Å². The van der Waals surface area contributed by atoms with Gasteiger partial charge >= 0.3 is 5.97 Å². The predicted molar refractivity (Wildman–Crippen MR) is 138 cm³/mol. The lowest BCUT2D eigenvalue weighted by Gasteiger charge is -2.24. The van der Waals surface area contributed by atoms with E-state index >= 15 is 0 Å². The molecule has 0 aliphatic carbocycles. The van der Waals surface area contributed by atoms with Gasteiger partial charge in [0.2, 0.25) is 11.8 Å². The molecule has 0 fully saturated rings. The molecule has 0 aliphatic rings. The van der Waals surface area contributed by atoms with Crippen LogP contribution in [-0.2, 0) is 38.4 Å². The Morgan fingerprint density at radius 2 is 1.23 bits per heavy atom. The Morgan fingerprint density at radius 1 is 0.744 bits per heavy atom. The van der Waals surface area contributed by atoms with E-state index in [9.17, 15) is 33.4 Å². The van der Waals surface area contributed by atoms with E-state index in [1.165, 1.54) is 66.7 Å². The second-order valence-electron chi connectivity index (χ2n) is 8.94. The van der Waals surface area contributed by atoms with Crippen molar-refractivity contribution in [1.82, 2.24) is 10.6 Å². The van der Waals surface area contributed by atoms with Crippen LogP contribution in [-0.4, -0.2) is 53.2 Å². The summed E-state index contributed by atoms with van der Waals surface area (Å²) in [5.74, 6) is -3.80. The molecule has 206 valence electrons. The molecule has 3 atom stereocenters. The summed E-state index contributed by atoms with van der Waals surface area (Å²) >= 11 is 0. The van der Waals surface area contributed by atoms with Gasteiger partial charge in [-0.05, 0) is 59.5 Å². The zero-order valence-electron chi connectivity index (χ0n) is 21.1. The molecule has 39 heavy (non-hydrogen) atoms. The quantitative estimate of drug-likeness (QED) is 0.184. The largest absolute Gasteiger partial charge is 0.504 e. The summed E-state index contributed by atoms with van der Waals surface area (Å²) in [6.45, 7) is 0. The van der Waals surface area contributed by atoms with Crippen molar-refractivity contribution >= 4 is 17.8 Å². The number of nitrogens with two attached hydrogens (primary N) is 1. The molecule has 2 amide bonds. The molecule has 0 radical (unpaired) electrons. The summed E-state index contributed by atoms with van der Waals surface area (Å²) in [6.07, 6.45) is -0.0608. The first kappa shape index (κ1) is 29.1. The van der Waals surface area contributed by atoms with E-state index in [4.69, 9.17) is 10.5 Å². The second kappa shape index (κ2) is 13.3. The van der Waals surface area contributed by atoms with Crippen LogP contribution < -0.4 is 16.4 Å². The molecule has 0 bridgehead atoms. The second-order valence-corrected chi connectivity index (χ2v) is 8.94. The van der Waals surface area contributed by atoms with Gasteiger partial charge in [-0.1, -0.05) is 30.3 Å². The van der Waals surface area contributed by atoms with Crippen molar-refractivity contribution in [3.63, 3.8) is 0 Å². The molecule has 0 aromatic heterocycles. The van der Waals surface area contributed by atoms with Crippen molar-refractivity contribution in [3.05, 3.63) is 95.1 Å². The van der Waals surface area contributed by atoms with Gasteiger partial charge in [0.05, 0.1) is 13.2 Å². The van der Waals surface area contributed by atoms with Crippen LogP contribution in [0.25, 0.3) is 0 Å². The zero-order valence-corrected chi connectivity index (χ0v) is 21.1. The standard InChI is InChI=1S/C28H29F2N3O6/c1-39-28(38)23(14-17-4-9-20(30)10-5-17)33-27(37)22(13-16-2-7-19(29)8-3-16)32-26(36)21(31)12-18-6-11-24(34)25(35)15-18/h2-11,15,21-23,34-35H,12-14,31H2,1H3,(H,32,36)(H,33,37)/t21-,22+,23+/m0/s1. The number of phenolic OH excluding ortho intramolecular Hbond substituents is 2. The Kier molecular flexibility index (Phi) is 9.93. The Hall–Kier alpha value is -4.51. The van der Waals surface area contributed by atoms with Crippen molar-refractivity contribution in [2.24, 2.45) is 5.73 Å². The number of rotatable bonds is 11. The Balaban J connectivity index is 1.78. The first-order valence-corrected chi connectivity index (χ1v) is 12.0. The monoisotopic (exact) mass is 541 g/mol. The highest BCUT2D eigenvalue weighted by Gasteiger charge is 2.29. The average molecular weight is 542 g/mol. The first-order chi connectivity index (χ1) is 18.5. The van der Waals surface area contributed by atoms with Gasteiger partial charge in [-0.3, -0.25) is 9.59 Å². The molecular weight excluding hydrogens is 512 g/mol. The number of methoxy groups -OCH3 is 1. The van der Waals surface area contributed by atoms with Gasteiger partial charge < -0.3 is 31.3 Å². The molecule has 3 aromatic rings. The molecule has 11 heteroatoms. The molecule has 0 spiro atoms. The van der Waals surface area contributed by atoms with Crippen molar-refractivity contribution in [2.45, 2.75) is 37.4 Å². The van der Waals surface area contributed by atoms with Gasteiger partial charge in [0, 0.05) is 12.8 Å². The average Bonchev–Trinajstić information content (AvgIpc) is 2.91. The van der Waals surface area contributed by atoms with Gasteiger partial charge in [0.25, 0.3) is 0 Å². The number of carbonyl (C=O) groups is 3. The van der Waals surface area contributed by atoms with E-state index < -0.39 is 47.5 Å². The minimum absolute atomic E-state index is 0.000231. The molecule has 3 rings (SSSR count). The molecular formula is C28H29F2N3O6. The van der Waals surface area contributed by atoms with Crippen molar-refractivity contribution in [2.75, 3.05) is 7.11 Å². The minimum atomic E-state index is -1.21. The molecule has 0 saturated heterocycles. The Labute approximate surface area is 223 Å². The van der Waals surface area contributed by atoms with Crippen LogP contribution >= 0.6 is 0 Å². The highest BCUT2D eigenvalue weighted by molar-refractivity contribution is 5.92. The van der Waals surface area contributed by atoms with E-state index in [0.717, 1.165) is 7.11 Å². The van der Waals surface area contributed by atoms with Gasteiger partial charge in [0.15, 0.2) is 11.5 Å². The fraction of sp³-hybridized carbons (Fsp3) is 0.250. The number of halogens is 2. The third kappa shape index (κ3) is 8.50. The van der Waals surface area contributed by atoms with Crippen molar-refractivity contribution < 1.29 is 38.1 Å². The molecule has 0 aliphatic heterocycles. The molecule has 0 heterocycles. The fourth-order valence-electron chi connectivity index (χ4n) is 3.85. The molecule has 6 N–H and O–H groups in total. The van der Waals surface area contributed by atoms with Crippen LogP contribution in [0.2, 0.25) is 0 Å². The van der Waals surface area contributed by atoms with Gasteiger partial charge in [0.1, 0.15) is 23.7 Å². The summed E-state index contributed by atoms with van der Waals surface area (Å²) in [6, 6.07) is 11.2. The fourth-order valence-corrected chi connectivity index (χ4v) is 3.85. The summed E-state index contributed by atoms with van der Waals surface area (Å²) in [5, 5.41) is 24.3. The number of hydrogen-bond acceptors (Lipinski definition) is 7. The molecule has 3 aromatic carbocycles. The molecule has 9 nitrogen and oxygen atoms in total. The number of hydrogen-bond donors (Lipinski definition) is 5. The summed E-state index contributed by atoms with van der Waals surface area (Å²) in [7, 11) is 1.16. The Bertz CT molecular complexity index is 1300. The summed E-state index contributed by atoms with van der Waals surface area (Å²) in [4.78, 5) is 38.7. The number of esters is 1. The van der Waals surface area contributed by atoms with Crippen molar-refractivity contribution in [3.8, 4) is 11.5 Å². The van der Waals surface area contributed by atoms with Crippen LogP contribution in [0.1, 0.15) is 16.7 Å². The maximum Gasteiger partial charge on any atom is 0.328 e. The van der Waals surface area contributed by atoms with E-state index in [-0.39, 0.29) is 30.8 Å². The van der Waals surface area contributed by atoms with E-state index in [1.807, 2.05) is 0 Å². The van der Waals surface area contributed by atoms with Crippen LogP contribution in [0.15, 0.2) is 66.7 Å². The SMILES string of the molecule is COC(=O)[C@@H](Cc1ccc(F)cc1)NC(=O)[C@@H](Cc1ccc(F)cc1)NC(=O)[C@@H](N)Cc1ccc(O)c(O)c1. The maximum absolute atomic E-state index is 13.4. The number of aromatic hydroxyl groups is 2. The lowest BCUT2D eigenvalue weighted by Crippen LogP contribution is -2.56. The number of amides is 2. The highest BCUT2D eigenvalue weighted by Crippen LogP contribution is 2.25. The smallest absolute Gasteiger partial charge is 0.328 e.